The molecule has 0 radical (unpaired) electrons. The third-order valence-electron chi connectivity index (χ3n) is 5.57. The fourth-order valence-electron chi connectivity index (χ4n) is 3.81. The third kappa shape index (κ3) is 3.85. The topological polar surface area (TPSA) is 89.5 Å². The van der Waals surface area contributed by atoms with Crippen molar-refractivity contribution in [2.75, 3.05) is 0 Å². The molecule has 1 aliphatic rings. The molecule has 1 aliphatic heterocycles. The average molecular weight is 447 g/mol. The van der Waals surface area contributed by atoms with Crippen LogP contribution in [0.2, 0.25) is 0 Å². The summed E-state index contributed by atoms with van der Waals surface area (Å²) in [4.78, 5) is 28.5. The van der Waals surface area contributed by atoms with E-state index in [4.69, 9.17) is 0 Å². The molecule has 0 saturated carbocycles. The van der Waals surface area contributed by atoms with Crippen molar-refractivity contribution in [2.45, 2.75) is 27.3 Å². The van der Waals surface area contributed by atoms with Crippen LogP contribution in [0.15, 0.2) is 59.0 Å². The monoisotopic (exact) mass is 446 g/mol. The van der Waals surface area contributed by atoms with Crippen molar-refractivity contribution in [3.8, 4) is 0 Å². The Morgan fingerprint density at radius 3 is 2.72 bits per heavy atom. The van der Waals surface area contributed by atoms with Gasteiger partial charge in [-0.2, -0.15) is 0 Å². The normalized spacial score (nSPS) is 16.2. The molecule has 162 valence electrons. The molecule has 0 aliphatic carbocycles. The van der Waals surface area contributed by atoms with Gasteiger partial charge in [-0.3, -0.25) is 14.9 Å². The molecular formula is C24H22N4O3S. The van der Waals surface area contributed by atoms with E-state index in [0.717, 1.165) is 27.7 Å². The summed E-state index contributed by atoms with van der Waals surface area (Å²) in [6.45, 7) is 10.1. The zero-order valence-corrected chi connectivity index (χ0v) is 18.8. The Bertz CT molecular complexity index is 1350. The minimum atomic E-state index is -0.417. The van der Waals surface area contributed by atoms with Gasteiger partial charge in [0.2, 0.25) is 0 Å². The van der Waals surface area contributed by atoms with Gasteiger partial charge in [-0.05, 0) is 56.3 Å². The Kier molecular flexibility index (Phi) is 5.71. The maximum atomic E-state index is 12.6. The lowest BCUT2D eigenvalue weighted by Crippen LogP contribution is -2.19. The van der Waals surface area contributed by atoms with E-state index in [0.29, 0.717) is 27.9 Å². The molecule has 32 heavy (non-hydrogen) atoms. The molecule has 7 nitrogen and oxygen atoms in total. The van der Waals surface area contributed by atoms with Gasteiger partial charge in [-0.15, -0.1) is 6.58 Å². The minimum Gasteiger partial charge on any atom is -0.340 e. The van der Waals surface area contributed by atoms with Crippen LogP contribution in [-0.4, -0.2) is 20.6 Å². The number of carbonyl (C=O) groups excluding carboxylic acids is 1. The van der Waals surface area contributed by atoms with Gasteiger partial charge in [-0.25, -0.2) is 4.99 Å². The number of nitrogens with zero attached hydrogens (tertiary/aromatic N) is 3. The van der Waals surface area contributed by atoms with E-state index in [1.165, 1.54) is 17.8 Å². The lowest BCUT2D eigenvalue weighted by molar-refractivity contribution is -0.385. The van der Waals surface area contributed by atoms with Gasteiger partial charge in [0.25, 0.3) is 11.6 Å². The lowest BCUT2D eigenvalue weighted by Gasteiger charge is -2.04. The summed E-state index contributed by atoms with van der Waals surface area (Å²) < 4.78 is 2.16. The molecule has 0 atom stereocenters. The Labute approximate surface area is 189 Å². The highest BCUT2D eigenvalue weighted by Crippen LogP contribution is 2.34. The van der Waals surface area contributed by atoms with Crippen molar-refractivity contribution in [1.82, 2.24) is 9.88 Å². The second-order valence-corrected chi connectivity index (χ2v) is 8.59. The SMILES string of the molecule is C=CCn1c(C)c(/C=C2\SC(=Nc3cc(C)c(C)c([N+](=O)[O-])c3)NC2=O)c2ccccc21. The summed E-state index contributed by atoms with van der Waals surface area (Å²) in [5.41, 5.74) is 4.92. The van der Waals surface area contributed by atoms with Crippen molar-refractivity contribution in [1.29, 1.82) is 0 Å². The van der Waals surface area contributed by atoms with Crippen LogP contribution in [0.1, 0.15) is 22.4 Å². The number of nitro groups is 1. The van der Waals surface area contributed by atoms with Crippen LogP contribution in [-0.2, 0) is 11.3 Å². The van der Waals surface area contributed by atoms with Crippen LogP contribution in [0.3, 0.4) is 0 Å². The molecule has 4 rings (SSSR count). The van der Waals surface area contributed by atoms with Crippen LogP contribution in [0.25, 0.3) is 17.0 Å². The number of aromatic nitrogens is 1. The number of hydrogen-bond acceptors (Lipinski definition) is 5. The lowest BCUT2D eigenvalue weighted by atomic mass is 10.1. The first kappa shape index (κ1) is 21.6. The first-order chi connectivity index (χ1) is 15.3. The van der Waals surface area contributed by atoms with Crippen molar-refractivity contribution in [3.63, 3.8) is 0 Å². The largest absolute Gasteiger partial charge is 0.340 e. The van der Waals surface area contributed by atoms with Gasteiger partial charge >= 0.3 is 0 Å². The smallest absolute Gasteiger partial charge is 0.274 e. The number of nitrogens with one attached hydrogen (secondary N) is 1. The van der Waals surface area contributed by atoms with E-state index < -0.39 is 4.92 Å². The number of allylic oxidation sites excluding steroid dienone is 1. The quantitative estimate of drug-likeness (QED) is 0.241. The number of rotatable bonds is 5. The maximum absolute atomic E-state index is 12.6. The van der Waals surface area contributed by atoms with Crippen LogP contribution < -0.4 is 5.32 Å². The number of amides is 1. The number of thioether (sulfide) groups is 1. The molecule has 0 bridgehead atoms. The molecule has 8 heteroatoms. The standard InChI is InChI=1S/C24H22N4O3S/c1-5-10-27-16(4)19(18-8-6-7-9-20(18)27)13-22-23(29)26-24(32-22)25-17-11-14(2)15(3)21(12-17)28(30)31/h5-9,11-13H,1,10H2,2-4H3,(H,25,26,29)/b22-13-. The van der Waals surface area contributed by atoms with E-state index in [2.05, 4.69) is 27.5 Å². The molecule has 2 heterocycles. The highest BCUT2D eigenvalue weighted by atomic mass is 32.2. The fraction of sp³-hybridized carbons (Fsp3) is 0.167. The van der Waals surface area contributed by atoms with Crippen molar-refractivity contribution < 1.29 is 9.72 Å². The Hall–Kier alpha value is -3.65. The number of nitro benzene ring substituents is 1. The Morgan fingerprint density at radius 2 is 2.00 bits per heavy atom. The van der Waals surface area contributed by atoms with Crippen molar-refractivity contribution >= 4 is 51.2 Å². The van der Waals surface area contributed by atoms with Gasteiger partial charge in [0.05, 0.1) is 15.5 Å². The minimum absolute atomic E-state index is 0.0140. The number of amidine groups is 1. The summed E-state index contributed by atoms with van der Waals surface area (Å²) in [7, 11) is 0. The third-order valence-corrected chi connectivity index (χ3v) is 6.48. The number of aryl methyl sites for hydroxylation is 1. The molecule has 1 N–H and O–H groups in total. The highest BCUT2D eigenvalue weighted by Gasteiger charge is 2.25. The van der Waals surface area contributed by atoms with Crippen molar-refractivity contribution in [3.05, 3.63) is 86.5 Å². The summed E-state index contributed by atoms with van der Waals surface area (Å²) >= 11 is 1.22. The Balaban J connectivity index is 1.72. The highest BCUT2D eigenvalue weighted by molar-refractivity contribution is 8.18. The number of carbonyl (C=O) groups is 1. The first-order valence-electron chi connectivity index (χ1n) is 10.0. The number of benzene rings is 2. The summed E-state index contributed by atoms with van der Waals surface area (Å²) in [5.74, 6) is -0.243. The van der Waals surface area contributed by atoms with Gasteiger partial charge in [0, 0.05) is 40.3 Å². The number of hydrogen-bond donors (Lipinski definition) is 1. The van der Waals surface area contributed by atoms with Crippen LogP contribution in [0.4, 0.5) is 11.4 Å². The molecule has 1 amide bonds. The number of aliphatic imine (C=N–C) groups is 1. The van der Waals surface area contributed by atoms with Crippen LogP contribution in [0.5, 0.6) is 0 Å². The van der Waals surface area contributed by atoms with Gasteiger partial charge in [0.1, 0.15) is 0 Å². The van der Waals surface area contributed by atoms with Gasteiger partial charge in [-0.1, -0.05) is 24.3 Å². The van der Waals surface area contributed by atoms with E-state index in [-0.39, 0.29) is 11.6 Å². The summed E-state index contributed by atoms with van der Waals surface area (Å²) in [6.07, 6.45) is 3.73. The molecule has 0 spiro atoms. The maximum Gasteiger partial charge on any atom is 0.274 e. The fourth-order valence-corrected chi connectivity index (χ4v) is 4.63. The van der Waals surface area contributed by atoms with E-state index in [1.54, 1.807) is 19.9 Å². The van der Waals surface area contributed by atoms with Gasteiger partial charge in [0.15, 0.2) is 5.17 Å². The molecule has 3 aromatic rings. The molecule has 1 aromatic heterocycles. The van der Waals surface area contributed by atoms with Gasteiger partial charge < -0.3 is 9.88 Å². The predicted molar refractivity (Wildman–Crippen MR) is 130 cm³/mol. The van der Waals surface area contributed by atoms with Crippen LogP contribution >= 0.6 is 11.8 Å². The summed E-state index contributed by atoms with van der Waals surface area (Å²) in [5, 5.41) is 15.5. The zero-order valence-electron chi connectivity index (χ0n) is 18.0. The van der Waals surface area contributed by atoms with E-state index in [9.17, 15) is 14.9 Å². The van der Waals surface area contributed by atoms with Crippen LogP contribution in [0, 0.1) is 30.9 Å². The predicted octanol–water partition coefficient (Wildman–Crippen LogP) is 5.55. The van der Waals surface area contributed by atoms with E-state index >= 15 is 0 Å². The summed E-state index contributed by atoms with van der Waals surface area (Å²) in [6, 6.07) is 11.3. The molecule has 2 aromatic carbocycles. The first-order valence-corrected chi connectivity index (χ1v) is 10.9. The molecule has 1 fully saturated rings. The average Bonchev–Trinajstić information content (AvgIpc) is 3.22. The Morgan fingerprint density at radius 1 is 1.25 bits per heavy atom. The molecule has 1 saturated heterocycles. The molecular weight excluding hydrogens is 424 g/mol. The zero-order chi connectivity index (χ0) is 23.0. The number of fused-ring (bicyclic) bond motifs is 1. The van der Waals surface area contributed by atoms with Crippen molar-refractivity contribution in [2.24, 2.45) is 4.99 Å². The van der Waals surface area contributed by atoms with E-state index in [1.807, 2.05) is 37.3 Å². The second kappa shape index (κ2) is 8.47. The molecule has 0 unspecified atom stereocenters. The second-order valence-electron chi connectivity index (χ2n) is 7.56. The number of para-hydroxylation sites is 1.